The molecule has 1 aromatic heterocycles. The zero-order chi connectivity index (χ0) is 27.0. The Morgan fingerprint density at radius 1 is 1.03 bits per heavy atom. The van der Waals surface area contributed by atoms with E-state index >= 15 is 0 Å². The fourth-order valence-electron chi connectivity index (χ4n) is 4.78. The number of halogens is 2. The first-order valence-corrected chi connectivity index (χ1v) is 14.0. The van der Waals surface area contributed by atoms with E-state index in [1.165, 1.54) is 0 Å². The van der Waals surface area contributed by atoms with Gasteiger partial charge < -0.3 is 23.9 Å². The lowest BCUT2D eigenvalue weighted by molar-refractivity contribution is -0.0168. The average Bonchev–Trinajstić information content (AvgIpc) is 3.30. The second-order valence-electron chi connectivity index (χ2n) is 9.80. The van der Waals surface area contributed by atoms with Gasteiger partial charge in [-0.2, -0.15) is 0 Å². The molecule has 7 nitrogen and oxygen atoms in total. The van der Waals surface area contributed by atoms with Gasteiger partial charge in [0.15, 0.2) is 11.5 Å². The second-order valence-corrected chi connectivity index (χ2v) is 10.6. The van der Waals surface area contributed by atoms with Crippen LogP contribution in [0.3, 0.4) is 0 Å². The molecule has 2 heterocycles. The fraction of sp³-hybridized carbons (Fsp3) is 0.483. The van der Waals surface area contributed by atoms with Crippen LogP contribution < -0.4 is 14.2 Å². The van der Waals surface area contributed by atoms with Gasteiger partial charge >= 0.3 is 0 Å². The number of hydrogen-bond donors (Lipinski definition) is 1. The van der Waals surface area contributed by atoms with E-state index in [0.29, 0.717) is 35.2 Å². The number of likely N-dealkylation sites (tertiary alicyclic amines) is 1. The maximum absolute atomic E-state index is 11.2. The summed E-state index contributed by atoms with van der Waals surface area (Å²) in [5, 5.41) is 12.1. The number of aryl methyl sites for hydroxylation is 2. The molecule has 2 aromatic carbocycles. The van der Waals surface area contributed by atoms with E-state index in [4.69, 9.17) is 37.4 Å². The highest BCUT2D eigenvalue weighted by molar-refractivity contribution is 6.42. The number of nitrogens with zero attached hydrogens (tertiary/aromatic N) is 3. The van der Waals surface area contributed by atoms with Gasteiger partial charge in [-0.1, -0.05) is 36.2 Å². The molecule has 38 heavy (non-hydrogen) atoms. The van der Waals surface area contributed by atoms with Gasteiger partial charge in [-0.05, 0) is 62.1 Å². The molecule has 206 valence electrons. The summed E-state index contributed by atoms with van der Waals surface area (Å²) in [7, 11) is 1.67. The lowest BCUT2D eigenvalue weighted by Crippen LogP contribution is -2.37. The van der Waals surface area contributed by atoms with E-state index in [1.54, 1.807) is 25.3 Å². The molecule has 0 amide bonds. The summed E-state index contributed by atoms with van der Waals surface area (Å²) in [5.74, 6) is 3.19. The molecular weight excluding hydrogens is 525 g/mol. The summed E-state index contributed by atoms with van der Waals surface area (Å²) >= 11 is 12.1. The van der Waals surface area contributed by atoms with Crippen LogP contribution in [0.4, 0.5) is 0 Å². The monoisotopic (exact) mass is 561 g/mol. The summed E-state index contributed by atoms with van der Waals surface area (Å²) in [6.07, 6.45) is 7.86. The Labute approximate surface area is 235 Å². The average molecular weight is 563 g/mol. The van der Waals surface area contributed by atoms with Crippen molar-refractivity contribution in [3.05, 3.63) is 70.2 Å². The van der Waals surface area contributed by atoms with E-state index in [-0.39, 0.29) is 6.61 Å². The fourth-order valence-corrected chi connectivity index (χ4v) is 5.07. The van der Waals surface area contributed by atoms with Crippen molar-refractivity contribution in [3.63, 3.8) is 0 Å². The molecular formula is C29H37Cl2N3O4. The third-order valence-corrected chi connectivity index (χ3v) is 7.70. The minimum Gasteiger partial charge on any atom is -0.493 e. The number of benzene rings is 2. The van der Waals surface area contributed by atoms with Crippen LogP contribution in [0.1, 0.15) is 44.0 Å². The van der Waals surface area contributed by atoms with Crippen molar-refractivity contribution in [1.29, 1.82) is 0 Å². The minimum atomic E-state index is -0.884. The van der Waals surface area contributed by atoms with E-state index < -0.39 is 5.60 Å². The van der Waals surface area contributed by atoms with Gasteiger partial charge in [0.05, 0.1) is 29.4 Å². The van der Waals surface area contributed by atoms with Crippen molar-refractivity contribution in [1.82, 2.24) is 14.5 Å². The summed E-state index contributed by atoms with van der Waals surface area (Å²) in [4.78, 5) is 6.73. The quantitative estimate of drug-likeness (QED) is 0.272. The summed E-state index contributed by atoms with van der Waals surface area (Å²) in [6.45, 7) is 6.27. The zero-order valence-electron chi connectivity index (χ0n) is 22.2. The van der Waals surface area contributed by atoms with E-state index in [1.807, 2.05) is 24.5 Å². The lowest BCUT2D eigenvalue weighted by Gasteiger charge is -2.27. The van der Waals surface area contributed by atoms with Gasteiger partial charge in [0.25, 0.3) is 0 Å². The maximum atomic E-state index is 11.2. The van der Waals surface area contributed by atoms with Gasteiger partial charge in [-0.15, -0.1) is 0 Å². The number of ether oxygens (including phenoxy) is 3. The highest BCUT2D eigenvalue weighted by Crippen LogP contribution is 2.31. The highest BCUT2D eigenvalue weighted by atomic mass is 35.5. The Morgan fingerprint density at radius 3 is 2.68 bits per heavy atom. The largest absolute Gasteiger partial charge is 0.493 e. The summed E-state index contributed by atoms with van der Waals surface area (Å²) in [5.41, 5.74) is 0.267. The molecule has 1 N–H and O–H groups in total. The Balaban J connectivity index is 1.26. The third-order valence-electron chi connectivity index (χ3n) is 6.96. The molecule has 1 aliphatic heterocycles. The van der Waals surface area contributed by atoms with Crippen LogP contribution >= 0.6 is 23.2 Å². The first-order valence-electron chi connectivity index (χ1n) is 13.2. The SMILES string of the molecule is CCc1nccn1CCCOc1ccc(CN2CCC[C@](O)(COc3ccc(Cl)c(Cl)c3)CC2)cc1OC. The van der Waals surface area contributed by atoms with Crippen LogP contribution in [0, 0.1) is 0 Å². The number of hydrogen-bond acceptors (Lipinski definition) is 6. The molecule has 0 unspecified atom stereocenters. The molecule has 1 fully saturated rings. The van der Waals surface area contributed by atoms with Crippen molar-refractivity contribution >= 4 is 23.2 Å². The Hall–Kier alpha value is -2.45. The molecule has 4 rings (SSSR count). The zero-order valence-corrected chi connectivity index (χ0v) is 23.7. The van der Waals surface area contributed by atoms with Crippen molar-refractivity contribution in [2.45, 2.75) is 57.7 Å². The first kappa shape index (κ1) is 28.6. The third kappa shape index (κ3) is 7.79. The number of rotatable bonds is 12. The highest BCUT2D eigenvalue weighted by Gasteiger charge is 2.31. The molecule has 0 spiro atoms. The number of imidazole rings is 1. The molecule has 9 heteroatoms. The molecule has 0 radical (unpaired) electrons. The normalized spacial score (nSPS) is 18.2. The van der Waals surface area contributed by atoms with Gasteiger partial charge in [0.1, 0.15) is 18.2 Å². The Kier molecular flexibility index (Phi) is 10.2. The van der Waals surface area contributed by atoms with Gasteiger partial charge in [0.2, 0.25) is 0 Å². The van der Waals surface area contributed by atoms with Crippen LogP contribution in [0.5, 0.6) is 17.2 Å². The van der Waals surface area contributed by atoms with Gasteiger partial charge in [-0.25, -0.2) is 4.98 Å². The standard InChI is InChI=1S/C29H37Cl2N3O4/c1-3-28-32-12-16-34(28)14-5-17-37-26-9-6-22(18-27(26)36-2)20-33-13-4-10-29(35,11-15-33)21-38-23-7-8-24(30)25(31)19-23/h6-9,12,16,18-19,35H,3-5,10-11,13-15,17,20-21H2,1-2H3/t29-/m1/s1. The van der Waals surface area contributed by atoms with Crippen LogP contribution in [-0.2, 0) is 19.5 Å². The van der Waals surface area contributed by atoms with Crippen LogP contribution in [0.25, 0.3) is 0 Å². The smallest absolute Gasteiger partial charge is 0.161 e. The molecule has 1 saturated heterocycles. The van der Waals surface area contributed by atoms with Gasteiger partial charge in [0, 0.05) is 44.5 Å². The molecule has 1 atom stereocenters. The predicted octanol–water partition coefficient (Wildman–Crippen LogP) is 6.03. The van der Waals surface area contributed by atoms with Crippen LogP contribution in [0.15, 0.2) is 48.8 Å². The molecule has 0 bridgehead atoms. The van der Waals surface area contributed by atoms with Crippen molar-refractivity contribution in [2.75, 3.05) is 33.4 Å². The van der Waals surface area contributed by atoms with Crippen molar-refractivity contribution in [3.8, 4) is 17.2 Å². The van der Waals surface area contributed by atoms with E-state index in [9.17, 15) is 5.11 Å². The van der Waals surface area contributed by atoms with Crippen molar-refractivity contribution in [2.24, 2.45) is 0 Å². The second kappa shape index (κ2) is 13.6. The Bertz CT molecular complexity index is 1190. The van der Waals surface area contributed by atoms with Crippen LogP contribution in [0.2, 0.25) is 10.0 Å². The number of aliphatic hydroxyl groups is 1. The van der Waals surface area contributed by atoms with E-state index in [2.05, 4.69) is 27.4 Å². The minimum absolute atomic E-state index is 0.221. The summed E-state index contributed by atoms with van der Waals surface area (Å²) < 4.78 is 19.7. The van der Waals surface area contributed by atoms with E-state index in [0.717, 1.165) is 68.3 Å². The van der Waals surface area contributed by atoms with Crippen molar-refractivity contribution < 1.29 is 19.3 Å². The molecule has 0 saturated carbocycles. The Morgan fingerprint density at radius 2 is 1.89 bits per heavy atom. The first-order chi connectivity index (χ1) is 18.4. The predicted molar refractivity (Wildman–Crippen MR) is 151 cm³/mol. The van der Waals surface area contributed by atoms with Crippen LogP contribution in [-0.4, -0.2) is 58.6 Å². The summed E-state index contributed by atoms with van der Waals surface area (Å²) in [6, 6.07) is 11.3. The number of aromatic nitrogens is 2. The maximum Gasteiger partial charge on any atom is 0.161 e. The molecule has 3 aromatic rings. The molecule has 0 aliphatic carbocycles. The van der Waals surface area contributed by atoms with Gasteiger partial charge in [-0.3, -0.25) is 4.90 Å². The molecule has 1 aliphatic rings. The topological polar surface area (TPSA) is 69.0 Å². The number of methoxy groups -OCH3 is 1. The lowest BCUT2D eigenvalue weighted by atomic mass is 9.96.